The standard InChI is InChI=1S/C17H22ClN5O.ClH/c1-2-6-15-21-16(17(24)20-12-7-5-10-19-11-12)22-23(15)14-9-4-3-8-13(14)18;/h3-4,8-9,12,19H,2,5-7,10-11H2,1H3,(H,20,24);1H. The quantitative estimate of drug-likeness (QED) is 0.832. The molecule has 0 saturated carbocycles. The highest BCUT2D eigenvalue weighted by Gasteiger charge is 2.21. The summed E-state index contributed by atoms with van der Waals surface area (Å²) in [5.74, 6) is 0.716. The molecule has 1 amide bonds. The van der Waals surface area contributed by atoms with E-state index in [1.54, 1.807) is 4.68 Å². The van der Waals surface area contributed by atoms with Crippen LogP contribution in [0.2, 0.25) is 5.02 Å². The van der Waals surface area contributed by atoms with Gasteiger partial charge in [0.15, 0.2) is 0 Å². The molecule has 2 heterocycles. The molecule has 3 rings (SSSR count). The highest BCUT2D eigenvalue weighted by molar-refractivity contribution is 6.32. The molecule has 0 radical (unpaired) electrons. The molecule has 6 nitrogen and oxygen atoms in total. The number of aromatic nitrogens is 3. The summed E-state index contributed by atoms with van der Waals surface area (Å²) in [7, 11) is 0. The molecule has 1 aliphatic heterocycles. The Morgan fingerprint density at radius 3 is 2.92 bits per heavy atom. The van der Waals surface area contributed by atoms with Crippen LogP contribution in [0.15, 0.2) is 24.3 Å². The summed E-state index contributed by atoms with van der Waals surface area (Å²) < 4.78 is 1.68. The Kier molecular flexibility index (Phi) is 7.23. The van der Waals surface area contributed by atoms with Crippen molar-refractivity contribution in [2.75, 3.05) is 13.1 Å². The fourth-order valence-electron chi connectivity index (χ4n) is 2.87. The molecule has 8 heteroatoms. The first-order chi connectivity index (χ1) is 11.7. The lowest BCUT2D eigenvalue weighted by Crippen LogP contribution is -2.45. The van der Waals surface area contributed by atoms with Crippen LogP contribution in [-0.4, -0.2) is 39.8 Å². The Bertz CT molecular complexity index is 713. The molecule has 1 aromatic carbocycles. The Morgan fingerprint density at radius 1 is 1.44 bits per heavy atom. The highest BCUT2D eigenvalue weighted by Crippen LogP contribution is 2.21. The summed E-state index contributed by atoms with van der Waals surface area (Å²) in [4.78, 5) is 16.9. The number of nitrogens with zero attached hydrogens (tertiary/aromatic N) is 3. The first-order valence-corrected chi connectivity index (χ1v) is 8.79. The molecule has 2 aromatic rings. The van der Waals surface area contributed by atoms with Crippen LogP contribution in [0.25, 0.3) is 5.69 Å². The molecular weight excluding hydrogens is 361 g/mol. The number of carbonyl (C=O) groups is 1. The normalized spacial score (nSPS) is 17.0. The highest BCUT2D eigenvalue weighted by atomic mass is 35.5. The largest absolute Gasteiger partial charge is 0.345 e. The van der Waals surface area contributed by atoms with E-state index in [-0.39, 0.29) is 30.2 Å². The molecular formula is C17H23Cl2N5O. The lowest BCUT2D eigenvalue weighted by atomic mass is 10.1. The lowest BCUT2D eigenvalue weighted by Gasteiger charge is -2.23. The van der Waals surface area contributed by atoms with E-state index in [0.29, 0.717) is 5.02 Å². The van der Waals surface area contributed by atoms with Gasteiger partial charge in [0.05, 0.1) is 10.7 Å². The SMILES string of the molecule is CCCc1nc(C(=O)NC2CCCNC2)nn1-c1ccccc1Cl.Cl. The number of carbonyl (C=O) groups excluding carboxylic acids is 1. The average molecular weight is 384 g/mol. The minimum Gasteiger partial charge on any atom is -0.345 e. The molecule has 1 fully saturated rings. The van der Waals surface area contributed by atoms with Gasteiger partial charge in [-0.15, -0.1) is 17.5 Å². The van der Waals surface area contributed by atoms with Gasteiger partial charge in [-0.2, -0.15) is 0 Å². The Labute approximate surface area is 158 Å². The van der Waals surface area contributed by atoms with Crippen LogP contribution in [-0.2, 0) is 6.42 Å². The van der Waals surface area contributed by atoms with Crippen LogP contribution >= 0.6 is 24.0 Å². The van der Waals surface area contributed by atoms with Crippen molar-refractivity contribution in [3.8, 4) is 5.69 Å². The number of nitrogens with one attached hydrogen (secondary N) is 2. The van der Waals surface area contributed by atoms with Gasteiger partial charge in [-0.25, -0.2) is 9.67 Å². The molecule has 1 atom stereocenters. The van der Waals surface area contributed by atoms with Gasteiger partial charge in [0.1, 0.15) is 5.82 Å². The van der Waals surface area contributed by atoms with Crippen molar-refractivity contribution in [3.05, 3.63) is 40.9 Å². The van der Waals surface area contributed by atoms with Gasteiger partial charge >= 0.3 is 0 Å². The number of benzene rings is 1. The fourth-order valence-corrected chi connectivity index (χ4v) is 3.08. The molecule has 0 bridgehead atoms. The first-order valence-electron chi connectivity index (χ1n) is 8.41. The number of aryl methyl sites for hydroxylation is 1. The fraction of sp³-hybridized carbons (Fsp3) is 0.471. The molecule has 1 saturated heterocycles. The number of hydrogen-bond acceptors (Lipinski definition) is 4. The van der Waals surface area contributed by atoms with Crippen molar-refractivity contribution < 1.29 is 4.79 Å². The summed E-state index contributed by atoms with van der Waals surface area (Å²) in [6, 6.07) is 7.58. The second-order valence-electron chi connectivity index (χ2n) is 5.98. The van der Waals surface area contributed by atoms with Gasteiger partial charge in [-0.3, -0.25) is 4.79 Å². The number of halogens is 2. The van der Waals surface area contributed by atoms with E-state index in [0.717, 1.165) is 50.3 Å². The molecule has 136 valence electrons. The zero-order valence-corrected chi connectivity index (χ0v) is 15.7. The summed E-state index contributed by atoms with van der Waals surface area (Å²) in [6.07, 6.45) is 3.69. The van der Waals surface area contributed by atoms with Crippen molar-refractivity contribution in [3.63, 3.8) is 0 Å². The molecule has 25 heavy (non-hydrogen) atoms. The van der Waals surface area contributed by atoms with Crippen molar-refractivity contribution in [1.82, 2.24) is 25.4 Å². The van der Waals surface area contributed by atoms with Gasteiger partial charge in [0, 0.05) is 19.0 Å². The Hall–Kier alpha value is -1.63. The van der Waals surface area contributed by atoms with E-state index in [1.807, 2.05) is 24.3 Å². The third kappa shape index (κ3) is 4.71. The van der Waals surface area contributed by atoms with Crippen LogP contribution in [0.1, 0.15) is 42.6 Å². The van der Waals surface area contributed by atoms with Crippen molar-refractivity contribution >= 4 is 29.9 Å². The maximum atomic E-state index is 12.5. The third-order valence-electron chi connectivity index (χ3n) is 4.06. The smallest absolute Gasteiger partial charge is 0.291 e. The lowest BCUT2D eigenvalue weighted by molar-refractivity contribution is 0.0920. The number of amides is 1. The van der Waals surface area contributed by atoms with Gasteiger partial charge in [-0.05, 0) is 37.9 Å². The van der Waals surface area contributed by atoms with Gasteiger partial charge in [0.2, 0.25) is 5.82 Å². The minimum atomic E-state index is -0.230. The predicted octanol–water partition coefficient (Wildman–Crippen LogP) is 2.78. The van der Waals surface area contributed by atoms with Crippen LogP contribution in [0.3, 0.4) is 0 Å². The molecule has 1 aromatic heterocycles. The summed E-state index contributed by atoms with van der Waals surface area (Å²) in [5, 5.41) is 11.3. The molecule has 2 N–H and O–H groups in total. The third-order valence-corrected chi connectivity index (χ3v) is 4.38. The zero-order valence-electron chi connectivity index (χ0n) is 14.2. The van der Waals surface area contributed by atoms with Crippen molar-refractivity contribution in [1.29, 1.82) is 0 Å². The number of para-hydroxylation sites is 1. The predicted molar refractivity (Wildman–Crippen MR) is 101 cm³/mol. The summed E-state index contributed by atoms with van der Waals surface area (Å²) >= 11 is 6.28. The van der Waals surface area contributed by atoms with Gasteiger partial charge in [-0.1, -0.05) is 30.7 Å². The molecule has 1 unspecified atom stereocenters. The Morgan fingerprint density at radius 2 is 2.24 bits per heavy atom. The van der Waals surface area contributed by atoms with E-state index < -0.39 is 0 Å². The summed E-state index contributed by atoms with van der Waals surface area (Å²) in [6.45, 7) is 3.87. The number of piperidine rings is 1. The molecule has 0 spiro atoms. The van der Waals surface area contributed by atoms with Crippen LogP contribution in [0, 0.1) is 0 Å². The maximum absolute atomic E-state index is 12.5. The van der Waals surface area contributed by atoms with Gasteiger partial charge in [0.25, 0.3) is 5.91 Å². The zero-order chi connectivity index (χ0) is 16.9. The Balaban J connectivity index is 0.00000225. The minimum absolute atomic E-state index is 0. The second-order valence-corrected chi connectivity index (χ2v) is 6.39. The molecule has 1 aliphatic rings. The van der Waals surface area contributed by atoms with Gasteiger partial charge < -0.3 is 10.6 Å². The van der Waals surface area contributed by atoms with Crippen LogP contribution in [0.4, 0.5) is 0 Å². The number of rotatable bonds is 5. The first kappa shape index (κ1) is 19.7. The van der Waals surface area contributed by atoms with Crippen LogP contribution < -0.4 is 10.6 Å². The maximum Gasteiger partial charge on any atom is 0.291 e. The van der Waals surface area contributed by atoms with Crippen molar-refractivity contribution in [2.24, 2.45) is 0 Å². The van der Waals surface area contributed by atoms with Crippen molar-refractivity contribution in [2.45, 2.75) is 38.6 Å². The molecule has 0 aliphatic carbocycles. The van der Waals surface area contributed by atoms with Crippen LogP contribution in [0.5, 0.6) is 0 Å². The average Bonchev–Trinajstić information content (AvgIpc) is 3.00. The summed E-state index contributed by atoms with van der Waals surface area (Å²) in [5.41, 5.74) is 0.744. The topological polar surface area (TPSA) is 71.8 Å². The van der Waals surface area contributed by atoms with E-state index >= 15 is 0 Å². The number of hydrogen-bond donors (Lipinski definition) is 2. The van der Waals surface area contributed by atoms with E-state index in [2.05, 4.69) is 27.6 Å². The van der Waals surface area contributed by atoms with E-state index in [9.17, 15) is 4.79 Å². The monoisotopic (exact) mass is 383 g/mol. The van der Waals surface area contributed by atoms with E-state index in [4.69, 9.17) is 11.6 Å². The van der Waals surface area contributed by atoms with E-state index in [1.165, 1.54) is 0 Å². The second kappa shape index (κ2) is 9.17.